The molecule has 0 aromatic carbocycles. The van der Waals surface area contributed by atoms with Crippen molar-refractivity contribution < 1.29 is 9.72 Å². The molecule has 0 N–H and O–H groups in total. The Kier molecular flexibility index (Phi) is 2.54. The van der Waals surface area contributed by atoms with E-state index in [0.717, 1.165) is 22.5 Å². The topological polar surface area (TPSA) is 60.2 Å². The Labute approximate surface area is 73.0 Å². The SMILES string of the molecule is CC(C=O)c1ccc([N+](=O)[O-])s1. The molecule has 0 spiro atoms. The highest BCUT2D eigenvalue weighted by Crippen LogP contribution is 2.28. The maximum Gasteiger partial charge on any atom is 0.324 e. The van der Waals surface area contributed by atoms with E-state index in [2.05, 4.69) is 0 Å². The standard InChI is InChI=1S/C7H7NO3S/c1-5(4-9)6-2-3-7(12-6)8(10)11/h2-5H,1H3. The van der Waals surface area contributed by atoms with Gasteiger partial charge in [-0.15, -0.1) is 0 Å². The smallest absolute Gasteiger partial charge is 0.303 e. The maximum absolute atomic E-state index is 10.3. The number of hydrogen-bond acceptors (Lipinski definition) is 4. The van der Waals surface area contributed by atoms with Gasteiger partial charge in [0.05, 0.1) is 4.92 Å². The molecule has 0 fully saturated rings. The average molecular weight is 185 g/mol. The van der Waals surface area contributed by atoms with Gasteiger partial charge >= 0.3 is 5.00 Å². The van der Waals surface area contributed by atoms with Gasteiger partial charge in [0.15, 0.2) is 0 Å². The zero-order valence-electron chi connectivity index (χ0n) is 6.39. The van der Waals surface area contributed by atoms with Crippen LogP contribution >= 0.6 is 11.3 Å². The van der Waals surface area contributed by atoms with Gasteiger partial charge in [-0.3, -0.25) is 10.1 Å². The van der Waals surface area contributed by atoms with Crippen LogP contribution in [0.3, 0.4) is 0 Å². The van der Waals surface area contributed by atoms with Crippen molar-refractivity contribution in [2.75, 3.05) is 0 Å². The second kappa shape index (κ2) is 3.44. The lowest BCUT2D eigenvalue weighted by Crippen LogP contribution is -1.88. The third kappa shape index (κ3) is 1.68. The van der Waals surface area contributed by atoms with Gasteiger partial charge in [-0.2, -0.15) is 0 Å². The highest BCUT2D eigenvalue weighted by atomic mass is 32.1. The zero-order chi connectivity index (χ0) is 9.14. The van der Waals surface area contributed by atoms with Crippen LogP contribution in [0, 0.1) is 10.1 Å². The molecule has 0 saturated carbocycles. The molecule has 0 aliphatic rings. The number of nitro groups is 1. The molecule has 0 radical (unpaired) electrons. The molecule has 12 heavy (non-hydrogen) atoms. The van der Waals surface area contributed by atoms with Crippen LogP contribution in [-0.2, 0) is 4.79 Å². The van der Waals surface area contributed by atoms with Gasteiger partial charge in [-0.1, -0.05) is 18.3 Å². The molecule has 0 aliphatic carbocycles. The van der Waals surface area contributed by atoms with Crippen LogP contribution in [0.25, 0.3) is 0 Å². The molecule has 5 heteroatoms. The lowest BCUT2D eigenvalue weighted by molar-refractivity contribution is -0.380. The number of nitrogens with zero attached hydrogens (tertiary/aromatic N) is 1. The number of aldehydes is 1. The molecule has 1 heterocycles. The molecule has 1 atom stereocenters. The molecule has 0 bridgehead atoms. The van der Waals surface area contributed by atoms with E-state index < -0.39 is 4.92 Å². The third-order valence-corrected chi connectivity index (χ3v) is 2.68. The van der Waals surface area contributed by atoms with Crippen LogP contribution in [-0.4, -0.2) is 11.2 Å². The third-order valence-electron chi connectivity index (χ3n) is 1.45. The van der Waals surface area contributed by atoms with E-state index in [1.807, 2.05) is 0 Å². The summed E-state index contributed by atoms with van der Waals surface area (Å²) in [5.41, 5.74) is 0. The van der Waals surface area contributed by atoms with Crippen LogP contribution in [0.15, 0.2) is 12.1 Å². The first-order chi connectivity index (χ1) is 5.65. The first-order valence-corrected chi connectivity index (χ1v) is 4.16. The van der Waals surface area contributed by atoms with Crippen LogP contribution in [0.4, 0.5) is 5.00 Å². The number of rotatable bonds is 3. The quantitative estimate of drug-likeness (QED) is 0.411. The van der Waals surface area contributed by atoms with Gasteiger partial charge in [0.25, 0.3) is 0 Å². The summed E-state index contributed by atoms with van der Waals surface area (Å²) in [5, 5.41) is 10.3. The van der Waals surface area contributed by atoms with Gasteiger partial charge < -0.3 is 4.79 Å². The van der Waals surface area contributed by atoms with Crippen LogP contribution in [0.5, 0.6) is 0 Å². The molecular formula is C7H7NO3S. The fraction of sp³-hybridized carbons (Fsp3) is 0.286. The highest BCUT2D eigenvalue weighted by Gasteiger charge is 2.13. The summed E-state index contributed by atoms with van der Waals surface area (Å²) < 4.78 is 0. The van der Waals surface area contributed by atoms with Gasteiger partial charge in [0, 0.05) is 16.9 Å². The zero-order valence-corrected chi connectivity index (χ0v) is 7.21. The van der Waals surface area contributed by atoms with Gasteiger partial charge in [-0.05, 0) is 6.07 Å². The minimum Gasteiger partial charge on any atom is -0.303 e. The molecule has 1 aromatic heterocycles. The van der Waals surface area contributed by atoms with E-state index in [0.29, 0.717) is 0 Å². The molecule has 0 amide bonds. The molecule has 0 saturated heterocycles. The molecule has 64 valence electrons. The summed E-state index contributed by atoms with van der Waals surface area (Å²) >= 11 is 1.04. The van der Waals surface area contributed by atoms with Crippen molar-refractivity contribution in [1.82, 2.24) is 0 Å². The predicted octanol–water partition coefficient (Wildman–Crippen LogP) is 1.96. The fourth-order valence-electron chi connectivity index (χ4n) is 0.752. The Morgan fingerprint density at radius 1 is 1.67 bits per heavy atom. The molecule has 1 rings (SSSR count). The average Bonchev–Trinajstić information content (AvgIpc) is 2.51. The van der Waals surface area contributed by atoms with Crippen molar-refractivity contribution in [3.8, 4) is 0 Å². The highest BCUT2D eigenvalue weighted by molar-refractivity contribution is 7.15. The van der Waals surface area contributed by atoms with Crippen molar-refractivity contribution >= 4 is 22.6 Å². The number of carbonyl (C=O) groups is 1. The predicted molar refractivity (Wildman–Crippen MR) is 45.5 cm³/mol. The summed E-state index contributed by atoms with van der Waals surface area (Å²) in [7, 11) is 0. The van der Waals surface area contributed by atoms with Crippen molar-refractivity contribution in [2.24, 2.45) is 0 Å². The molecule has 0 aliphatic heterocycles. The first kappa shape index (κ1) is 8.86. The summed E-state index contributed by atoms with van der Waals surface area (Å²) in [5.74, 6) is -0.247. The van der Waals surface area contributed by atoms with E-state index in [9.17, 15) is 14.9 Å². The van der Waals surface area contributed by atoms with E-state index in [1.54, 1.807) is 13.0 Å². The van der Waals surface area contributed by atoms with E-state index in [4.69, 9.17) is 0 Å². The normalized spacial score (nSPS) is 12.4. The van der Waals surface area contributed by atoms with E-state index in [1.165, 1.54) is 6.07 Å². The largest absolute Gasteiger partial charge is 0.324 e. The molecular weight excluding hydrogens is 178 g/mol. The first-order valence-electron chi connectivity index (χ1n) is 3.34. The van der Waals surface area contributed by atoms with Crippen LogP contribution in [0.2, 0.25) is 0 Å². The van der Waals surface area contributed by atoms with Gasteiger partial charge in [0.1, 0.15) is 6.29 Å². The Hall–Kier alpha value is -1.23. The Morgan fingerprint density at radius 3 is 2.75 bits per heavy atom. The van der Waals surface area contributed by atoms with Crippen molar-refractivity contribution in [1.29, 1.82) is 0 Å². The van der Waals surface area contributed by atoms with Crippen molar-refractivity contribution in [3.05, 3.63) is 27.1 Å². The van der Waals surface area contributed by atoms with Crippen LogP contribution in [0.1, 0.15) is 17.7 Å². The van der Waals surface area contributed by atoms with E-state index >= 15 is 0 Å². The van der Waals surface area contributed by atoms with Gasteiger partial charge in [-0.25, -0.2) is 0 Å². The lowest BCUT2D eigenvalue weighted by Gasteiger charge is -1.94. The summed E-state index contributed by atoms with van der Waals surface area (Å²) in [6.45, 7) is 1.71. The summed E-state index contributed by atoms with van der Waals surface area (Å²) in [4.78, 5) is 20.9. The van der Waals surface area contributed by atoms with Crippen molar-refractivity contribution in [3.63, 3.8) is 0 Å². The maximum atomic E-state index is 10.3. The monoisotopic (exact) mass is 185 g/mol. The van der Waals surface area contributed by atoms with Crippen LogP contribution < -0.4 is 0 Å². The number of thiophene rings is 1. The Balaban J connectivity index is 2.91. The minimum atomic E-state index is -0.453. The second-order valence-corrected chi connectivity index (χ2v) is 3.45. The van der Waals surface area contributed by atoms with Crippen molar-refractivity contribution in [2.45, 2.75) is 12.8 Å². The number of hydrogen-bond donors (Lipinski definition) is 0. The lowest BCUT2D eigenvalue weighted by atomic mass is 10.2. The minimum absolute atomic E-state index is 0.0821. The number of carbonyl (C=O) groups excluding carboxylic acids is 1. The molecule has 4 nitrogen and oxygen atoms in total. The van der Waals surface area contributed by atoms with Gasteiger partial charge in [0.2, 0.25) is 0 Å². The second-order valence-electron chi connectivity index (χ2n) is 2.36. The Bertz CT molecular complexity index is 307. The summed E-state index contributed by atoms with van der Waals surface area (Å²) in [6, 6.07) is 3.03. The molecule has 1 unspecified atom stereocenters. The Morgan fingerprint density at radius 2 is 2.33 bits per heavy atom. The fourth-order valence-corrected chi connectivity index (χ4v) is 1.58. The van der Waals surface area contributed by atoms with E-state index in [-0.39, 0.29) is 10.9 Å². The molecule has 1 aromatic rings. The summed E-state index contributed by atoms with van der Waals surface area (Å²) in [6.07, 6.45) is 0.773.